The second-order valence-electron chi connectivity index (χ2n) is 5.03. The lowest BCUT2D eigenvalue weighted by molar-refractivity contribution is -0.124. The largest absolute Gasteiger partial charge is 0.361 e. The fraction of sp³-hybridized carbons (Fsp3) is 0.0556. The summed E-state index contributed by atoms with van der Waals surface area (Å²) in [6, 6.07) is 16.3. The van der Waals surface area contributed by atoms with E-state index in [0.29, 0.717) is 0 Å². The Bertz CT molecular complexity index is 841. The molecule has 1 heterocycles. The van der Waals surface area contributed by atoms with Crippen LogP contribution in [0.3, 0.4) is 0 Å². The first kappa shape index (κ1) is 15.4. The average molecular weight is 324 g/mol. The number of carbonyl (C=O) groups is 1. The average Bonchev–Trinajstić information content (AvgIpc) is 3.01. The lowest BCUT2D eigenvalue weighted by Gasteiger charge is -2.01. The second kappa shape index (κ2) is 7.17. The third-order valence-electron chi connectivity index (χ3n) is 3.47. The molecule has 23 heavy (non-hydrogen) atoms. The van der Waals surface area contributed by atoms with E-state index in [1.807, 2.05) is 42.6 Å². The summed E-state index contributed by atoms with van der Waals surface area (Å²) in [5.74, 6) is 0.350. The van der Waals surface area contributed by atoms with Crippen LogP contribution in [-0.4, -0.2) is 16.1 Å². The molecule has 4 nitrogen and oxygen atoms in total. The van der Waals surface area contributed by atoms with Crippen LogP contribution in [0.4, 0.5) is 0 Å². The Hall–Kier alpha value is -2.50. The Morgan fingerprint density at radius 2 is 2.04 bits per heavy atom. The molecule has 0 saturated heterocycles. The van der Waals surface area contributed by atoms with Gasteiger partial charge >= 0.3 is 0 Å². The molecule has 2 aromatic carbocycles. The van der Waals surface area contributed by atoms with Gasteiger partial charge in [0, 0.05) is 33.8 Å². The number of fused-ring (bicyclic) bond motifs is 1. The van der Waals surface area contributed by atoms with Crippen LogP contribution in [0.5, 0.6) is 0 Å². The van der Waals surface area contributed by atoms with Gasteiger partial charge < -0.3 is 4.98 Å². The molecule has 3 aromatic rings. The van der Waals surface area contributed by atoms with Crippen molar-refractivity contribution < 1.29 is 10.0 Å². The van der Waals surface area contributed by atoms with Gasteiger partial charge in [0.05, 0.1) is 0 Å². The highest BCUT2D eigenvalue weighted by Crippen LogP contribution is 2.27. The van der Waals surface area contributed by atoms with Crippen molar-refractivity contribution in [2.75, 3.05) is 0 Å². The Morgan fingerprint density at radius 3 is 2.83 bits per heavy atom. The van der Waals surface area contributed by atoms with Crippen molar-refractivity contribution in [1.29, 1.82) is 0 Å². The molecule has 0 spiro atoms. The minimum Gasteiger partial charge on any atom is -0.361 e. The summed E-state index contributed by atoms with van der Waals surface area (Å²) in [4.78, 5) is 15.5. The van der Waals surface area contributed by atoms with Crippen LogP contribution in [0.1, 0.15) is 11.1 Å². The number of H-pyrrole nitrogens is 1. The van der Waals surface area contributed by atoms with E-state index in [1.165, 1.54) is 21.9 Å². The first-order chi connectivity index (χ1) is 11.3. The lowest BCUT2D eigenvalue weighted by atomic mass is 10.1. The maximum absolute atomic E-state index is 11.0. The van der Waals surface area contributed by atoms with Gasteiger partial charge in [0.15, 0.2) is 0 Å². The molecule has 0 radical (unpaired) electrons. The van der Waals surface area contributed by atoms with Crippen LogP contribution in [0.2, 0.25) is 0 Å². The quantitative estimate of drug-likeness (QED) is 0.288. The zero-order valence-corrected chi connectivity index (χ0v) is 13.1. The molecular formula is C18H16N2O2S. The summed E-state index contributed by atoms with van der Waals surface area (Å²) in [6.45, 7) is 0. The standard InChI is InChI=1S/C18H16N2O2S/c21-18(20-22)9-7-13-6-8-16-14(11-19-17(16)10-13)12-23-15-4-2-1-3-5-15/h1-11,19,22H,12H2,(H,20,21). The maximum Gasteiger partial charge on any atom is 0.267 e. The molecule has 5 heteroatoms. The number of benzene rings is 2. The SMILES string of the molecule is O=C(C=Cc1ccc2c(CSc3ccccc3)c[nH]c2c1)NO. The second-order valence-corrected chi connectivity index (χ2v) is 6.08. The molecule has 3 rings (SSSR count). The van der Waals surface area contributed by atoms with E-state index in [1.54, 1.807) is 23.3 Å². The molecule has 116 valence electrons. The molecule has 0 saturated carbocycles. The highest BCUT2D eigenvalue weighted by atomic mass is 32.2. The Balaban J connectivity index is 1.76. The van der Waals surface area contributed by atoms with Gasteiger partial charge in [-0.3, -0.25) is 10.0 Å². The number of carbonyl (C=O) groups excluding carboxylic acids is 1. The summed E-state index contributed by atoms with van der Waals surface area (Å²) >= 11 is 1.80. The van der Waals surface area contributed by atoms with E-state index in [4.69, 9.17) is 5.21 Å². The zero-order chi connectivity index (χ0) is 16.1. The Labute approximate surface area is 138 Å². The van der Waals surface area contributed by atoms with Gasteiger partial charge in [-0.15, -0.1) is 11.8 Å². The van der Waals surface area contributed by atoms with Crippen LogP contribution in [0.15, 0.2) is 65.7 Å². The van der Waals surface area contributed by atoms with Crippen molar-refractivity contribution in [2.45, 2.75) is 10.6 Å². The monoisotopic (exact) mass is 324 g/mol. The molecule has 1 aromatic heterocycles. The van der Waals surface area contributed by atoms with Crippen molar-refractivity contribution >= 4 is 34.6 Å². The van der Waals surface area contributed by atoms with Gasteiger partial charge in [0.1, 0.15) is 0 Å². The van der Waals surface area contributed by atoms with Gasteiger partial charge in [0.2, 0.25) is 0 Å². The van der Waals surface area contributed by atoms with Crippen LogP contribution in [0.25, 0.3) is 17.0 Å². The minimum absolute atomic E-state index is 0.545. The number of aromatic amines is 1. The predicted octanol–water partition coefficient (Wildman–Crippen LogP) is 3.98. The highest BCUT2D eigenvalue weighted by molar-refractivity contribution is 7.98. The number of hydroxylamine groups is 1. The summed E-state index contributed by atoms with van der Waals surface area (Å²) < 4.78 is 0. The maximum atomic E-state index is 11.0. The number of nitrogens with one attached hydrogen (secondary N) is 2. The molecule has 1 amide bonds. The minimum atomic E-state index is -0.545. The first-order valence-electron chi connectivity index (χ1n) is 7.16. The molecule has 0 bridgehead atoms. The fourth-order valence-corrected chi connectivity index (χ4v) is 3.22. The number of aromatic nitrogens is 1. The van der Waals surface area contributed by atoms with Crippen LogP contribution >= 0.6 is 11.8 Å². The van der Waals surface area contributed by atoms with Gasteiger partial charge in [0.25, 0.3) is 5.91 Å². The van der Waals surface area contributed by atoms with E-state index in [0.717, 1.165) is 16.8 Å². The summed E-state index contributed by atoms with van der Waals surface area (Å²) in [5, 5.41) is 9.66. The van der Waals surface area contributed by atoms with E-state index in [2.05, 4.69) is 17.1 Å². The summed E-state index contributed by atoms with van der Waals surface area (Å²) in [7, 11) is 0. The number of hydrogen-bond acceptors (Lipinski definition) is 3. The molecule has 3 N–H and O–H groups in total. The molecule has 0 unspecified atom stereocenters. The topological polar surface area (TPSA) is 65.1 Å². The lowest BCUT2D eigenvalue weighted by Crippen LogP contribution is -2.14. The number of hydrogen-bond donors (Lipinski definition) is 3. The molecular weight excluding hydrogens is 308 g/mol. The fourth-order valence-electron chi connectivity index (χ4n) is 2.31. The van der Waals surface area contributed by atoms with Crippen molar-refractivity contribution in [2.24, 2.45) is 0 Å². The van der Waals surface area contributed by atoms with E-state index in [-0.39, 0.29) is 0 Å². The third kappa shape index (κ3) is 3.83. The van der Waals surface area contributed by atoms with Crippen molar-refractivity contribution in [3.05, 3.63) is 71.9 Å². The normalized spacial score (nSPS) is 11.2. The molecule has 0 aliphatic rings. The Morgan fingerprint density at radius 1 is 1.22 bits per heavy atom. The van der Waals surface area contributed by atoms with Crippen LogP contribution in [-0.2, 0) is 10.5 Å². The van der Waals surface area contributed by atoms with Crippen molar-refractivity contribution in [3.8, 4) is 0 Å². The summed E-state index contributed by atoms with van der Waals surface area (Å²) in [6.07, 6.45) is 4.97. The zero-order valence-electron chi connectivity index (χ0n) is 12.3. The van der Waals surface area contributed by atoms with Gasteiger partial charge in [-0.05, 0) is 35.4 Å². The van der Waals surface area contributed by atoms with Gasteiger partial charge in [-0.1, -0.05) is 30.3 Å². The number of amides is 1. The van der Waals surface area contributed by atoms with E-state index >= 15 is 0 Å². The smallest absolute Gasteiger partial charge is 0.267 e. The molecule has 0 aliphatic carbocycles. The highest BCUT2D eigenvalue weighted by Gasteiger charge is 2.05. The van der Waals surface area contributed by atoms with E-state index in [9.17, 15) is 4.79 Å². The molecule has 0 aliphatic heterocycles. The third-order valence-corrected chi connectivity index (χ3v) is 4.53. The Kier molecular flexibility index (Phi) is 4.80. The first-order valence-corrected chi connectivity index (χ1v) is 8.15. The number of rotatable bonds is 5. The number of thioether (sulfide) groups is 1. The molecule has 0 atom stereocenters. The van der Waals surface area contributed by atoms with Crippen LogP contribution in [0, 0.1) is 0 Å². The predicted molar refractivity (Wildman–Crippen MR) is 93.3 cm³/mol. The van der Waals surface area contributed by atoms with E-state index < -0.39 is 5.91 Å². The van der Waals surface area contributed by atoms with Crippen molar-refractivity contribution in [3.63, 3.8) is 0 Å². The van der Waals surface area contributed by atoms with Gasteiger partial charge in [-0.2, -0.15) is 0 Å². The van der Waals surface area contributed by atoms with Crippen LogP contribution < -0.4 is 5.48 Å². The molecule has 0 fully saturated rings. The van der Waals surface area contributed by atoms with Gasteiger partial charge in [-0.25, -0.2) is 5.48 Å². The summed E-state index contributed by atoms with van der Waals surface area (Å²) in [5.41, 5.74) is 4.74. The van der Waals surface area contributed by atoms with Crippen molar-refractivity contribution in [1.82, 2.24) is 10.5 Å².